The molecule has 0 aliphatic carbocycles. The third kappa shape index (κ3) is 5.26. The molecule has 1 aromatic rings. The van der Waals surface area contributed by atoms with E-state index in [1.54, 1.807) is 0 Å². The van der Waals surface area contributed by atoms with Gasteiger partial charge in [-0.15, -0.1) is 24.0 Å². The molecule has 2 rings (SSSR count). The lowest BCUT2D eigenvalue weighted by Crippen LogP contribution is -2.40. The highest BCUT2D eigenvalue weighted by molar-refractivity contribution is 14.0. The van der Waals surface area contributed by atoms with E-state index in [-0.39, 0.29) is 24.0 Å². The fourth-order valence-electron chi connectivity index (χ4n) is 2.12. The molecule has 1 aliphatic heterocycles. The standard InChI is InChI=1S/C13H23N5O.HI/c1-3-4-7-14-13(18-8-5-6-9-18)15-10-12-16-11(2)17-19-12;/h3-10H2,1-2H3,(H,14,15);1H. The van der Waals surface area contributed by atoms with Gasteiger partial charge in [-0.25, -0.2) is 4.99 Å². The van der Waals surface area contributed by atoms with E-state index < -0.39 is 0 Å². The van der Waals surface area contributed by atoms with Crippen LogP contribution < -0.4 is 5.32 Å². The third-order valence-corrected chi connectivity index (χ3v) is 3.15. The summed E-state index contributed by atoms with van der Waals surface area (Å²) in [5.41, 5.74) is 0. The van der Waals surface area contributed by atoms with Gasteiger partial charge in [0.2, 0.25) is 5.89 Å². The molecule has 0 bridgehead atoms. The van der Waals surface area contributed by atoms with E-state index in [1.807, 2.05) is 6.92 Å². The average Bonchev–Trinajstić information content (AvgIpc) is 3.05. The number of nitrogens with one attached hydrogen (secondary N) is 1. The fourth-order valence-corrected chi connectivity index (χ4v) is 2.12. The zero-order valence-electron chi connectivity index (χ0n) is 12.3. The number of halogens is 1. The Kier molecular flexibility index (Phi) is 7.86. The number of unbranched alkanes of at least 4 members (excludes halogenated alkanes) is 1. The highest BCUT2D eigenvalue weighted by Crippen LogP contribution is 2.08. The minimum absolute atomic E-state index is 0. The molecular formula is C13H24IN5O. The van der Waals surface area contributed by atoms with Crippen molar-refractivity contribution in [2.45, 2.75) is 46.1 Å². The molecule has 0 radical (unpaired) electrons. The first kappa shape index (κ1) is 17.2. The van der Waals surface area contributed by atoms with Gasteiger partial charge in [-0.05, 0) is 26.2 Å². The molecule has 0 aromatic carbocycles. The van der Waals surface area contributed by atoms with Gasteiger partial charge in [-0.2, -0.15) is 4.98 Å². The SMILES string of the molecule is CCCCNC(=NCc1nc(C)no1)N1CCCC1.I. The molecule has 1 fully saturated rings. The monoisotopic (exact) mass is 393 g/mol. The van der Waals surface area contributed by atoms with Gasteiger partial charge in [0.15, 0.2) is 11.8 Å². The van der Waals surface area contributed by atoms with Crippen molar-refractivity contribution in [2.75, 3.05) is 19.6 Å². The number of aliphatic imine (C=N–C) groups is 1. The average molecular weight is 393 g/mol. The maximum atomic E-state index is 5.09. The van der Waals surface area contributed by atoms with E-state index >= 15 is 0 Å². The van der Waals surface area contributed by atoms with Crippen molar-refractivity contribution in [3.63, 3.8) is 0 Å². The number of nitrogens with zero attached hydrogens (tertiary/aromatic N) is 4. The van der Waals surface area contributed by atoms with E-state index in [0.717, 1.165) is 32.0 Å². The number of guanidine groups is 1. The number of aromatic nitrogens is 2. The lowest BCUT2D eigenvalue weighted by atomic mass is 10.3. The van der Waals surface area contributed by atoms with Gasteiger partial charge in [0, 0.05) is 19.6 Å². The van der Waals surface area contributed by atoms with Crippen LogP contribution in [-0.2, 0) is 6.54 Å². The van der Waals surface area contributed by atoms with Crippen LogP contribution in [0.15, 0.2) is 9.52 Å². The van der Waals surface area contributed by atoms with Crippen molar-refractivity contribution >= 4 is 29.9 Å². The largest absolute Gasteiger partial charge is 0.356 e. The van der Waals surface area contributed by atoms with Gasteiger partial charge in [0.05, 0.1) is 0 Å². The number of aryl methyl sites for hydroxylation is 1. The summed E-state index contributed by atoms with van der Waals surface area (Å²) in [4.78, 5) is 11.1. The predicted octanol–water partition coefficient (Wildman–Crippen LogP) is 2.34. The normalized spacial score (nSPS) is 15.3. The molecular weight excluding hydrogens is 369 g/mol. The number of hydrogen-bond donors (Lipinski definition) is 1. The van der Waals surface area contributed by atoms with E-state index in [4.69, 9.17) is 4.52 Å². The Balaban J connectivity index is 0.00000200. The second kappa shape index (κ2) is 9.15. The summed E-state index contributed by atoms with van der Waals surface area (Å²) in [6.07, 6.45) is 4.83. The molecule has 6 nitrogen and oxygen atoms in total. The molecule has 0 saturated carbocycles. The minimum Gasteiger partial charge on any atom is -0.356 e. The molecule has 2 heterocycles. The van der Waals surface area contributed by atoms with Crippen LogP contribution in [0.4, 0.5) is 0 Å². The summed E-state index contributed by atoms with van der Waals surface area (Å²) in [7, 11) is 0. The second-order valence-electron chi connectivity index (χ2n) is 4.85. The van der Waals surface area contributed by atoms with Crippen LogP contribution >= 0.6 is 24.0 Å². The van der Waals surface area contributed by atoms with Crippen LogP contribution in [0.1, 0.15) is 44.3 Å². The summed E-state index contributed by atoms with van der Waals surface area (Å²) in [6, 6.07) is 0. The number of hydrogen-bond acceptors (Lipinski definition) is 4. The summed E-state index contributed by atoms with van der Waals surface area (Å²) < 4.78 is 5.09. The molecule has 0 unspecified atom stereocenters. The van der Waals surface area contributed by atoms with Gasteiger partial charge in [-0.3, -0.25) is 0 Å². The zero-order valence-corrected chi connectivity index (χ0v) is 14.6. The fraction of sp³-hybridized carbons (Fsp3) is 0.769. The third-order valence-electron chi connectivity index (χ3n) is 3.15. The topological polar surface area (TPSA) is 66.5 Å². The Morgan fingerprint density at radius 1 is 1.40 bits per heavy atom. The summed E-state index contributed by atoms with van der Waals surface area (Å²) in [5, 5.41) is 7.20. The van der Waals surface area contributed by atoms with Gasteiger partial charge in [0.25, 0.3) is 0 Å². The van der Waals surface area contributed by atoms with Gasteiger partial charge in [0.1, 0.15) is 6.54 Å². The van der Waals surface area contributed by atoms with Crippen molar-refractivity contribution in [1.29, 1.82) is 0 Å². The first-order valence-electron chi connectivity index (χ1n) is 7.12. The molecule has 7 heteroatoms. The van der Waals surface area contributed by atoms with Crippen LogP contribution in [0.2, 0.25) is 0 Å². The van der Waals surface area contributed by atoms with Crippen molar-refractivity contribution in [3.8, 4) is 0 Å². The van der Waals surface area contributed by atoms with Crippen molar-refractivity contribution in [3.05, 3.63) is 11.7 Å². The first-order chi connectivity index (χ1) is 9.29. The van der Waals surface area contributed by atoms with Crippen LogP contribution in [0.25, 0.3) is 0 Å². The predicted molar refractivity (Wildman–Crippen MR) is 89.3 cm³/mol. The highest BCUT2D eigenvalue weighted by atomic mass is 127. The molecule has 114 valence electrons. The maximum Gasteiger partial charge on any atom is 0.248 e. The molecule has 0 spiro atoms. The molecule has 1 N–H and O–H groups in total. The Hall–Kier alpha value is -0.860. The van der Waals surface area contributed by atoms with Gasteiger partial charge >= 0.3 is 0 Å². The minimum atomic E-state index is 0. The molecule has 1 aromatic heterocycles. The molecule has 1 saturated heterocycles. The molecule has 1 aliphatic rings. The lowest BCUT2D eigenvalue weighted by Gasteiger charge is -2.21. The van der Waals surface area contributed by atoms with Gasteiger partial charge < -0.3 is 14.7 Å². The van der Waals surface area contributed by atoms with Gasteiger partial charge in [-0.1, -0.05) is 18.5 Å². The lowest BCUT2D eigenvalue weighted by molar-refractivity contribution is 0.375. The quantitative estimate of drug-likeness (QED) is 0.360. The smallest absolute Gasteiger partial charge is 0.248 e. The molecule has 0 atom stereocenters. The van der Waals surface area contributed by atoms with Crippen LogP contribution in [0, 0.1) is 6.92 Å². The van der Waals surface area contributed by atoms with E-state index in [1.165, 1.54) is 19.3 Å². The van der Waals surface area contributed by atoms with Crippen LogP contribution in [0.3, 0.4) is 0 Å². The number of rotatable bonds is 5. The Morgan fingerprint density at radius 3 is 2.75 bits per heavy atom. The van der Waals surface area contributed by atoms with E-state index in [0.29, 0.717) is 18.3 Å². The summed E-state index contributed by atoms with van der Waals surface area (Å²) in [5.74, 6) is 2.21. The first-order valence-corrected chi connectivity index (χ1v) is 7.12. The Labute approximate surface area is 137 Å². The molecule has 20 heavy (non-hydrogen) atoms. The van der Waals surface area contributed by atoms with Crippen molar-refractivity contribution in [1.82, 2.24) is 20.4 Å². The second-order valence-corrected chi connectivity index (χ2v) is 4.85. The van der Waals surface area contributed by atoms with E-state index in [9.17, 15) is 0 Å². The van der Waals surface area contributed by atoms with Crippen molar-refractivity contribution in [2.24, 2.45) is 4.99 Å². The van der Waals surface area contributed by atoms with E-state index in [2.05, 4.69) is 32.3 Å². The van der Waals surface area contributed by atoms with Crippen LogP contribution in [0.5, 0.6) is 0 Å². The highest BCUT2D eigenvalue weighted by Gasteiger charge is 2.16. The zero-order chi connectivity index (χ0) is 13.5. The number of likely N-dealkylation sites (tertiary alicyclic amines) is 1. The molecule has 0 amide bonds. The summed E-state index contributed by atoms with van der Waals surface area (Å²) >= 11 is 0. The summed E-state index contributed by atoms with van der Waals surface area (Å²) in [6.45, 7) is 7.59. The van der Waals surface area contributed by atoms with Crippen molar-refractivity contribution < 1.29 is 4.52 Å². The maximum absolute atomic E-state index is 5.09. The Morgan fingerprint density at radius 2 is 2.15 bits per heavy atom. The van der Waals surface area contributed by atoms with Crippen LogP contribution in [-0.4, -0.2) is 40.6 Å². The Bertz CT molecular complexity index is 415.